The van der Waals surface area contributed by atoms with Gasteiger partial charge in [-0.05, 0) is 84.6 Å². The Balaban J connectivity index is 1.35. The van der Waals surface area contributed by atoms with Gasteiger partial charge in [0, 0.05) is 40.8 Å². The van der Waals surface area contributed by atoms with Crippen LogP contribution in [0, 0.1) is 6.92 Å². The number of aryl methyl sites for hydroxylation is 1. The van der Waals surface area contributed by atoms with Gasteiger partial charge in [-0.1, -0.05) is 18.2 Å². The summed E-state index contributed by atoms with van der Waals surface area (Å²) in [5, 5.41) is 51.4. The van der Waals surface area contributed by atoms with Crippen LogP contribution in [-0.2, 0) is 10.0 Å². The first kappa shape index (κ1) is 34.5. The first-order valence-corrected chi connectivity index (χ1v) is 16.7. The fourth-order valence-electron chi connectivity index (χ4n) is 4.86. The highest BCUT2D eigenvalue weighted by molar-refractivity contribution is 7.89. The summed E-state index contributed by atoms with van der Waals surface area (Å²) in [7, 11) is -2.42. The van der Waals surface area contributed by atoms with Gasteiger partial charge in [0.1, 0.15) is 17.1 Å². The van der Waals surface area contributed by atoms with Crippen molar-refractivity contribution in [1.82, 2.24) is 4.31 Å². The number of rotatable bonds is 13. The SMILES string of the molecule is COc1cc(/N=N/c2ccc(S(=O)(=O)N(CCO)CCO)cc2)c(C)cc1/N=N/c1c(S)cc2cc(Nc3ccccc3)ccc2c1O. The topological polar surface area (TPSA) is 169 Å². The molecule has 0 saturated heterocycles. The van der Waals surface area contributed by atoms with Crippen LogP contribution < -0.4 is 10.1 Å². The number of hydrogen-bond acceptors (Lipinski definition) is 12. The van der Waals surface area contributed by atoms with Crippen LogP contribution in [0.3, 0.4) is 0 Å². The average molecular weight is 687 g/mol. The van der Waals surface area contributed by atoms with Crippen molar-refractivity contribution in [2.75, 3.05) is 38.7 Å². The zero-order valence-corrected chi connectivity index (χ0v) is 27.9. The number of hydrogen-bond donors (Lipinski definition) is 5. The third-order valence-electron chi connectivity index (χ3n) is 7.33. The largest absolute Gasteiger partial charge is 0.505 e. The second-order valence-electron chi connectivity index (χ2n) is 10.6. The lowest BCUT2D eigenvalue weighted by atomic mass is 10.1. The van der Waals surface area contributed by atoms with E-state index in [0.717, 1.165) is 21.1 Å². The van der Waals surface area contributed by atoms with Gasteiger partial charge in [0.15, 0.2) is 5.75 Å². The molecule has 0 bridgehead atoms. The number of ether oxygens (including phenoxy) is 1. The number of sulfonamides is 1. The van der Waals surface area contributed by atoms with E-state index in [0.29, 0.717) is 38.7 Å². The molecule has 0 aliphatic heterocycles. The summed E-state index contributed by atoms with van der Waals surface area (Å²) in [4.78, 5) is 0.442. The van der Waals surface area contributed by atoms with E-state index >= 15 is 0 Å². The Morgan fingerprint density at radius 3 is 2.17 bits per heavy atom. The van der Waals surface area contributed by atoms with Crippen LogP contribution in [-0.4, -0.2) is 61.5 Å². The van der Waals surface area contributed by atoms with Gasteiger partial charge in [0.05, 0.1) is 36.6 Å². The van der Waals surface area contributed by atoms with Gasteiger partial charge in [-0.2, -0.15) is 14.5 Å². The zero-order valence-electron chi connectivity index (χ0n) is 26.1. The highest BCUT2D eigenvalue weighted by Gasteiger charge is 2.23. The molecule has 0 spiro atoms. The minimum Gasteiger partial charge on any atom is -0.505 e. The first-order valence-electron chi connectivity index (χ1n) is 14.8. The van der Waals surface area contributed by atoms with Gasteiger partial charge < -0.3 is 25.4 Å². The van der Waals surface area contributed by atoms with E-state index in [1.54, 1.807) is 12.1 Å². The van der Waals surface area contributed by atoms with Gasteiger partial charge in [-0.25, -0.2) is 8.42 Å². The molecule has 5 rings (SSSR count). The number of aliphatic hydroxyl groups is 2. The van der Waals surface area contributed by atoms with Crippen molar-refractivity contribution >= 4 is 67.5 Å². The molecular weight excluding hydrogens is 653 g/mol. The van der Waals surface area contributed by atoms with Crippen LogP contribution in [0.4, 0.5) is 34.1 Å². The number of nitrogens with zero attached hydrogens (tertiary/aromatic N) is 5. The van der Waals surface area contributed by atoms with Gasteiger partial charge in [0.2, 0.25) is 10.0 Å². The van der Waals surface area contributed by atoms with Gasteiger partial charge >= 0.3 is 0 Å². The molecule has 0 saturated carbocycles. The smallest absolute Gasteiger partial charge is 0.243 e. The van der Waals surface area contributed by atoms with Crippen molar-refractivity contribution in [1.29, 1.82) is 0 Å². The molecule has 12 nitrogen and oxygen atoms in total. The summed E-state index contributed by atoms with van der Waals surface area (Å²) >= 11 is 4.57. The van der Waals surface area contributed by atoms with Gasteiger partial charge in [-0.15, -0.1) is 22.9 Å². The van der Waals surface area contributed by atoms with Crippen molar-refractivity contribution in [3.05, 3.63) is 96.6 Å². The Bertz CT molecular complexity index is 2070. The summed E-state index contributed by atoms with van der Waals surface area (Å²) < 4.78 is 32.3. The summed E-state index contributed by atoms with van der Waals surface area (Å²) in [6, 6.07) is 26.4. The number of phenols is 1. The lowest BCUT2D eigenvalue weighted by Crippen LogP contribution is -2.35. The Morgan fingerprint density at radius 2 is 1.50 bits per heavy atom. The van der Waals surface area contributed by atoms with Crippen molar-refractivity contribution in [3.8, 4) is 11.5 Å². The number of para-hydroxylation sites is 1. The molecule has 0 radical (unpaired) electrons. The number of aromatic hydroxyl groups is 1. The number of anilines is 2. The van der Waals surface area contributed by atoms with Crippen molar-refractivity contribution < 1.29 is 28.5 Å². The standard InChI is InChI=1S/C34H34N6O6S2/c1-22-18-30(38-39-33-32(47)20-23-19-26(10-13-28(23)34(33)43)35-24-6-4-3-5-7-24)31(46-2)21-29(22)37-36-25-8-11-27(12-9-25)48(44,45)40(14-16-41)15-17-42/h3-13,18-21,35,41-43,47H,14-17H2,1-2H3/b37-36+,39-38+. The van der Waals surface area contributed by atoms with E-state index in [2.05, 4.69) is 38.4 Å². The molecule has 248 valence electrons. The van der Waals surface area contributed by atoms with E-state index in [4.69, 9.17) is 4.74 Å². The summed E-state index contributed by atoms with van der Waals surface area (Å²) in [5.41, 5.74) is 4.01. The number of methoxy groups -OCH3 is 1. The number of phenolic OH excluding ortho intramolecular Hbond substituents is 1. The van der Waals surface area contributed by atoms with Crippen molar-refractivity contribution in [3.63, 3.8) is 0 Å². The van der Waals surface area contributed by atoms with Crippen LogP contribution in [0.2, 0.25) is 0 Å². The van der Waals surface area contributed by atoms with Crippen molar-refractivity contribution in [2.45, 2.75) is 16.7 Å². The maximum Gasteiger partial charge on any atom is 0.243 e. The Kier molecular flexibility index (Phi) is 11.0. The molecule has 0 atom stereocenters. The van der Waals surface area contributed by atoms with Crippen LogP contribution in [0.25, 0.3) is 10.8 Å². The van der Waals surface area contributed by atoms with E-state index in [1.165, 1.54) is 31.4 Å². The lowest BCUT2D eigenvalue weighted by molar-refractivity contribution is 0.217. The van der Waals surface area contributed by atoms with Crippen LogP contribution >= 0.6 is 12.6 Å². The third kappa shape index (κ3) is 7.81. The second kappa shape index (κ2) is 15.4. The van der Waals surface area contributed by atoms with Crippen molar-refractivity contribution in [2.24, 2.45) is 20.5 Å². The monoisotopic (exact) mass is 686 g/mol. The Morgan fingerprint density at radius 1 is 0.812 bits per heavy atom. The lowest BCUT2D eigenvalue weighted by Gasteiger charge is -2.20. The van der Waals surface area contributed by atoms with E-state index < -0.39 is 10.0 Å². The van der Waals surface area contributed by atoms with Crippen LogP contribution in [0.1, 0.15) is 5.56 Å². The number of fused-ring (bicyclic) bond motifs is 1. The van der Waals surface area contributed by atoms with Crippen LogP contribution in [0.5, 0.6) is 11.5 Å². The van der Waals surface area contributed by atoms with Gasteiger partial charge in [-0.3, -0.25) is 0 Å². The van der Waals surface area contributed by atoms with Gasteiger partial charge in [0.25, 0.3) is 0 Å². The predicted octanol–water partition coefficient (Wildman–Crippen LogP) is 7.70. The van der Waals surface area contributed by atoms with E-state index in [1.807, 2.05) is 61.5 Å². The number of benzene rings is 5. The maximum atomic E-state index is 12.9. The molecule has 0 amide bonds. The Hall–Kier alpha value is -4.86. The summed E-state index contributed by atoms with van der Waals surface area (Å²) in [6.07, 6.45) is 0. The quantitative estimate of drug-likeness (QED) is 0.0624. The zero-order chi connectivity index (χ0) is 34.3. The Labute approximate surface area is 283 Å². The molecule has 0 aliphatic carbocycles. The molecule has 0 aromatic heterocycles. The number of nitrogens with one attached hydrogen (secondary N) is 1. The molecule has 0 heterocycles. The minimum atomic E-state index is -3.90. The van der Waals surface area contributed by atoms with E-state index in [-0.39, 0.29) is 42.6 Å². The fraction of sp³-hybridized carbons (Fsp3) is 0.176. The minimum absolute atomic E-state index is 0.00236. The fourth-order valence-corrected chi connectivity index (χ4v) is 6.57. The predicted molar refractivity (Wildman–Crippen MR) is 188 cm³/mol. The first-order chi connectivity index (χ1) is 23.1. The molecule has 0 aliphatic rings. The summed E-state index contributed by atoms with van der Waals surface area (Å²) in [5.74, 6) is 0.312. The molecule has 0 unspecified atom stereocenters. The third-order valence-corrected chi connectivity index (χ3v) is 9.58. The maximum absolute atomic E-state index is 12.9. The normalized spacial score (nSPS) is 12.0. The number of thiol groups is 1. The number of azo groups is 2. The second-order valence-corrected chi connectivity index (χ2v) is 13.0. The van der Waals surface area contributed by atoms with E-state index in [9.17, 15) is 23.7 Å². The highest BCUT2D eigenvalue weighted by Crippen LogP contribution is 2.43. The number of aliphatic hydroxyl groups excluding tert-OH is 2. The molecule has 4 N–H and O–H groups in total. The highest BCUT2D eigenvalue weighted by atomic mass is 32.2. The molecule has 0 fully saturated rings. The van der Waals surface area contributed by atoms with Crippen LogP contribution in [0.15, 0.2) is 121 Å². The molecular formula is C34H34N6O6S2. The molecule has 48 heavy (non-hydrogen) atoms. The molecule has 14 heteroatoms. The molecule has 5 aromatic carbocycles. The molecule has 5 aromatic rings. The average Bonchev–Trinajstić information content (AvgIpc) is 3.08. The summed E-state index contributed by atoms with van der Waals surface area (Å²) in [6.45, 7) is 0.817.